The second-order valence-electron chi connectivity index (χ2n) is 4.02. The Balaban J connectivity index is 0.00000196. The highest BCUT2D eigenvalue weighted by molar-refractivity contribution is 5.92. The first-order valence-electron chi connectivity index (χ1n) is 4.41. The summed E-state index contributed by atoms with van der Waals surface area (Å²) in [4.78, 5) is 11.5. The molecule has 0 unspecified atom stereocenters. The number of aromatic hydroxyl groups is 1. The van der Waals surface area contributed by atoms with Crippen LogP contribution in [-0.4, -0.2) is 34.0 Å². The minimum absolute atomic E-state index is 0. The summed E-state index contributed by atoms with van der Waals surface area (Å²) in [5, 5.41) is 9.38. The van der Waals surface area contributed by atoms with Gasteiger partial charge in [0, 0.05) is 0 Å². The number of rotatable bonds is 1. The summed E-state index contributed by atoms with van der Waals surface area (Å²) in [6.07, 6.45) is 0. The van der Waals surface area contributed by atoms with Gasteiger partial charge >= 0.3 is 5.97 Å². The fourth-order valence-corrected chi connectivity index (χ4v) is 0.979. The Labute approximate surface area is 100 Å². The van der Waals surface area contributed by atoms with E-state index in [1.807, 2.05) is 0 Å². The molecule has 4 heteroatoms. The Hall–Kier alpha value is -0.978. The van der Waals surface area contributed by atoms with Crippen molar-refractivity contribution in [2.24, 2.45) is 0 Å². The van der Waals surface area contributed by atoms with E-state index in [0.717, 1.165) is 0 Å². The van der Waals surface area contributed by atoms with E-state index in [1.54, 1.807) is 32.9 Å². The monoisotopic (exact) mass is 224 g/mol. The molecular weight excluding hydrogens is 207 g/mol. The van der Waals surface area contributed by atoms with Gasteiger partial charge in [0.1, 0.15) is 16.9 Å². The molecule has 0 atom stereocenters. The molecule has 15 heavy (non-hydrogen) atoms. The molecule has 0 amide bonds. The highest BCUT2D eigenvalue weighted by atomic mass is 27.0. The first-order chi connectivity index (χ1) is 6.40. The summed E-state index contributed by atoms with van der Waals surface area (Å²) in [5.41, 5.74) is -0.346. The minimum Gasteiger partial charge on any atom is -0.507 e. The van der Waals surface area contributed by atoms with Gasteiger partial charge in [-0.25, -0.2) is 4.79 Å². The lowest BCUT2D eigenvalue weighted by Gasteiger charge is -2.19. The van der Waals surface area contributed by atoms with Crippen molar-refractivity contribution in [3.05, 3.63) is 29.8 Å². The van der Waals surface area contributed by atoms with Gasteiger partial charge in [0.05, 0.1) is 0 Å². The molecule has 1 rings (SSSR count). The van der Waals surface area contributed by atoms with Crippen LogP contribution in [0.3, 0.4) is 0 Å². The molecular formula is C11H17AlO3. The number of benzene rings is 1. The second kappa shape index (κ2) is 5.20. The third-order valence-corrected chi connectivity index (χ3v) is 1.52. The van der Waals surface area contributed by atoms with Crippen molar-refractivity contribution in [3.63, 3.8) is 0 Å². The van der Waals surface area contributed by atoms with E-state index in [2.05, 4.69) is 0 Å². The quantitative estimate of drug-likeness (QED) is 0.575. The van der Waals surface area contributed by atoms with E-state index in [0.29, 0.717) is 0 Å². The van der Waals surface area contributed by atoms with Crippen molar-refractivity contribution in [3.8, 4) is 5.75 Å². The van der Waals surface area contributed by atoms with Gasteiger partial charge in [-0.1, -0.05) is 12.1 Å². The zero-order valence-corrected chi connectivity index (χ0v) is 8.57. The van der Waals surface area contributed by atoms with E-state index in [4.69, 9.17) is 4.74 Å². The van der Waals surface area contributed by atoms with Crippen molar-refractivity contribution in [1.82, 2.24) is 0 Å². The molecule has 0 bridgehead atoms. The van der Waals surface area contributed by atoms with Gasteiger partial charge in [-0.15, -0.1) is 0 Å². The Morgan fingerprint density at radius 3 is 2.27 bits per heavy atom. The number of carbonyl (C=O) groups excluding carboxylic acids is 1. The number of carbonyl (C=O) groups is 1. The molecule has 0 saturated heterocycles. The van der Waals surface area contributed by atoms with Gasteiger partial charge in [0.15, 0.2) is 17.4 Å². The fourth-order valence-electron chi connectivity index (χ4n) is 0.979. The molecule has 0 aliphatic carbocycles. The highest BCUT2D eigenvalue weighted by Gasteiger charge is 2.19. The summed E-state index contributed by atoms with van der Waals surface area (Å²) in [7, 11) is 0. The summed E-state index contributed by atoms with van der Waals surface area (Å²) in [6.45, 7) is 5.35. The number of hydrogen-bond donors (Lipinski definition) is 1. The molecule has 0 aliphatic rings. The van der Waals surface area contributed by atoms with Crippen LogP contribution < -0.4 is 0 Å². The topological polar surface area (TPSA) is 46.5 Å². The number of phenols is 1. The normalized spacial score (nSPS) is 10.3. The molecule has 0 saturated carbocycles. The maximum Gasteiger partial charge on any atom is 0.342 e. The average Bonchev–Trinajstić information content (AvgIpc) is 2.01. The van der Waals surface area contributed by atoms with Crippen LogP contribution in [0.2, 0.25) is 0 Å². The van der Waals surface area contributed by atoms with E-state index in [-0.39, 0.29) is 28.7 Å². The van der Waals surface area contributed by atoms with Crippen LogP contribution in [0.5, 0.6) is 5.75 Å². The SMILES string of the molecule is CC(C)(C)OC(=O)c1ccccc1O.[AlH3]. The Bertz CT molecular complexity index is 342. The maximum atomic E-state index is 11.5. The van der Waals surface area contributed by atoms with E-state index in [9.17, 15) is 9.90 Å². The first-order valence-corrected chi connectivity index (χ1v) is 4.41. The van der Waals surface area contributed by atoms with Crippen LogP contribution in [0.25, 0.3) is 0 Å². The first kappa shape index (κ1) is 14.0. The van der Waals surface area contributed by atoms with Crippen molar-refractivity contribution in [1.29, 1.82) is 0 Å². The van der Waals surface area contributed by atoms with Crippen molar-refractivity contribution in [2.45, 2.75) is 26.4 Å². The van der Waals surface area contributed by atoms with Crippen LogP contribution in [0.1, 0.15) is 31.1 Å². The van der Waals surface area contributed by atoms with Crippen LogP contribution in [0, 0.1) is 0 Å². The number of esters is 1. The number of hydrogen-bond acceptors (Lipinski definition) is 3. The summed E-state index contributed by atoms with van der Waals surface area (Å²) in [5.74, 6) is -0.558. The van der Waals surface area contributed by atoms with Crippen molar-refractivity contribution >= 4 is 23.3 Å². The molecule has 3 nitrogen and oxygen atoms in total. The van der Waals surface area contributed by atoms with Gasteiger partial charge in [-0.05, 0) is 32.9 Å². The molecule has 1 N–H and O–H groups in total. The number of para-hydroxylation sites is 1. The van der Waals surface area contributed by atoms with Gasteiger partial charge in [0.2, 0.25) is 0 Å². The minimum atomic E-state index is -0.542. The molecule has 0 aromatic heterocycles. The molecule has 0 heterocycles. The Morgan fingerprint density at radius 1 is 1.27 bits per heavy atom. The van der Waals surface area contributed by atoms with E-state index < -0.39 is 11.6 Å². The van der Waals surface area contributed by atoms with Crippen LogP contribution in [-0.2, 0) is 4.74 Å². The zero-order valence-electron chi connectivity index (χ0n) is 8.57. The van der Waals surface area contributed by atoms with Gasteiger partial charge in [-0.3, -0.25) is 0 Å². The highest BCUT2D eigenvalue weighted by Crippen LogP contribution is 2.19. The largest absolute Gasteiger partial charge is 0.507 e. The molecule has 0 spiro atoms. The van der Waals surface area contributed by atoms with Gasteiger partial charge < -0.3 is 9.84 Å². The molecule has 1 aromatic rings. The van der Waals surface area contributed by atoms with Gasteiger partial charge in [0.25, 0.3) is 0 Å². The standard InChI is InChI=1S/C11H14O3.Al.3H/c1-11(2,3)14-10(13)8-6-4-5-7-9(8)12;;;;/h4-7,12H,1-3H3;;;;. The maximum absolute atomic E-state index is 11.5. The molecule has 0 aliphatic heterocycles. The van der Waals surface area contributed by atoms with E-state index >= 15 is 0 Å². The fraction of sp³-hybridized carbons (Fsp3) is 0.364. The number of phenolic OH excluding ortho intramolecular Hbond substituents is 1. The van der Waals surface area contributed by atoms with Crippen LogP contribution in [0.15, 0.2) is 24.3 Å². The summed E-state index contributed by atoms with van der Waals surface area (Å²) < 4.78 is 5.11. The molecule has 82 valence electrons. The average molecular weight is 224 g/mol. The number of ether oxygens (including phenoxy) is 1. The Kier molecular flexibility index (Phi) is 4.86. The molecule has 0 radical (unpaired) electrons. The zero-order chi connectivity index (χ0) is 10.8. The molecule has 1 aromatic carbocycles. The van der Waals surface area contributed by atoms with Crippen LogP contribution >= 0.6 is 0 Å². The van der Waals surface area contributed by atoms with Crippen LogP contribution in [0.4, 0.5) is 0 Å². The lowest BCUT2D eigenvalue weighted by Crippen LogP contribution is -2.23. The third-order valence-electron chi connectivity index (χ3n) is 1.52. The second-order valence-corrected chi connectivity index (χ2v) is 4.02. The van der Waals surface area contributed by atoms with Crippen molar-refractivity contribution < 1.29 is 14.6 Å². The summed E-state index contributed by atoms with van der Waals surface area (Å²) >= 11 is 0. The smallest absolute Gasteiger partial charge is 0.342 e. The lowest BCUT2D eigenvalue weighted by atomic mass is 10.1. The Morgan fingerprint density at radius 2 is 1.80 bits per heavy atom. The molecule has 0 fully saturated rings. The van der Waals surface area contributed by atoms with E-state index in [1.165, 1.54) is 12.1 Å². The lowest BCUT2D eigenvalue weighted by molar-refractivity contribution is 0.00668. The predicted molar refractivity (Wildman–Crippen MR) is 63.2 cm³/mol. The predicted octanol–water partition coefficient (Wildman–Crippen LogP) is 1.16. The summed E-state index contributed by atoms with van der Waals surface area (Å²) in [6, 6.07) is 6.32. The van der Waals surface area contributed by atoms with Crippen molar-refractivity contribution in [2.75, 3.05) is 0 Å². The third kappa shape index (κ3) is 4.37. The van der Waals surface area contributed by atoms with Gasteiger partial charge in [-0.2, -0.15) is 0 Å².